The van der Waals surface area contributed by atoms with Crippen molar-refractivity contribution in [3.63, 3.8) is 0 Å². The van der Waals surface area contributed by atoms with Crippen molar-refractivity contribution in [3.8, 4) is 0 Å². The number of rotatable bonds is 6. The molecule has 4 rings (SSSR count). The van der Waals surface area contributed by atoms with E-state index >= 15 is 0 Å². The molecule has 0 radical (unpaired) electrons. The summed E-state index contributed by atoms with van der Waals surface area (Å²) in [4.78, 5) is 18.4. The number of alkyl halides is 3. The van der Waals surface area contributed by atoms with E-state index < -0.39 is 11.7 Å². The van der Waals surface area contributed by atoms with Crippen molar-refractivity contribution in [1.82, 2.24) is 4.98 Å². The number of aryl methyl sites for hydroxylation is 1. The molecule has 1 aliphatic rings. The lowest BCUT2D eigenvalue weighted by Gasteiger charge is -2.33. The lowest BCUT2D eigenvalue weighted by molar-refractivity contribution is -0.137. The van der Waals surface area contributed by atoms with Crippen LogP contribution >= 0.6 is 0 Å². The van der Waals surface area contributed by atoms with Crippen LogP contribution in [-0.2, 0) is 23.9 Å². The van der Waals surface area contributed by atoms with Gasteiger partial charge in [0.2, 0.25) is 0 Å². The zero-order valence-electron chi connectivity index (χ0n) is 19.0. The summed E-state index contributed by atoms with van der Waals surface area (Å²) in [5, 5.41) is 3.48. The molecular weight excluding hydrogens is 443 g/mol. The summed E-state index contributed by atoms with van der Waals surface area (Å²) >= 11 is 0. The fourth-order valence-corrected chi connectivity index (χ4v) is 4.22. The van der Waals surface area contributed by atoms with Crippen LogP contribution in [0.1, 0.15) is 52.0 Å². The van der Waals surface area contributed by atoms with Gasteiger partial charge in [0, 0.05) is 19.3 Å². The third-order valence-corrected chi connectivity index (χ3v) is 6.04. The topological polar surface area (TPSA) is 54.5 Å². The number of hydrogen-bond acceptors (Lipinski definition) is 5. The molecule has 34 heavy (non-hydrogen) atoms. The SMILES string of the molecule is COC(=O)c1ccc([C@H](C)Nc2nccc3c2N(Cc2ccc(C(F)(F)F)cc2)CCC3)cc1. The quantitative estimate of drug-likeness (QED) is 0.448. The maximum absolute atomic E-state index is 12.9. The Hall–Kier alpha value is -3.55. The lowest BCUT2D eigenvalue weighted by atomic mass is 10.0. The summed E-state index contributed by atoms with van der Waals surface area (Å²) in [7, 11) is 1.35. The number of halogens is 3. The van der Waals surface area contributed by atoms with Crippen molar-refractivity contribution in [3.05, 3.63) is 88.6 Å². The van der Waals surface area contributed by atoms with Gasteiger partial charge in [-0.25, -0.2) is 9.78 Å². The van der Waals surface area contributed by atoms with Crippen molar-refractivity contribution in [1.29, 1.82) is 0 Å². The van der Waals surface area contributed by atoms with E-state index in [4.69, 9.17) is 4.74 Å². The van der Waals surface area contributed by atoms with Gasteiger partial charge in [-0.3, -0.25) is 0 Å². The van der Waals surface area contributed by atoms with Crippen LogP contribution in [0.3, 0.4) is 0 Å². The molecule has 5 nitrogen and oxygen atoms in total. The number of aromatic nitrogens is 1. The van der Waals surface area contributed by atoms with E-state index in [0.717, 1.165) is 59.7 Å². The number of anilines is 2. The highest BCUT2D eigenvalue weighted by Crippen LogP contribution is 2.36. The van der Waals surface area contributed by atoms with Crippen LogP contribution in [0.4, 0.5) is 24.7 Å². The van der Waals surface area contributed by atoms with Crippen LogP contribution in [-0.4, -0.2) is 24.6 Å². The van der Waals surface area contributed by atoms with E-state index in [2.05, 4.69) is 15.2 Å². The third-order valence-electron chi connectivity index (χ3n) is 6.04. The van der Waals surface area contributed by atoms with Crippen molar-refractivity contribution in [2.45, 2.75) is 38.5 Å². The molecule has 1 aromatic heterocycles. The molecule has 0 bridgehead atoms. The number of ether oxygens (including phenoxy) is 1. The number of benzene rings is 2. The molecule has 0 saturated carbocycles. The highest BCUT2D eigenvalue weighted by Gasteiger charge is 2.30. The van der Waals surface area contributed by atoms with Crippen molar-refractivity contribution < 1.29 is 22.7 Å². The van der Waals surface area contributed by atoms with Gasteiger partial charge in [-0.05, 0) is 66.8 Å². The zero-order chi connectivity index (χ0) is 24.3. The molecule has 0 aliphatic carbocycles. The summed E-state index contributed by atoms with van der Waals surface area (Å²) < 4.78 is 43.5. The predicted octanol–water partition coefficient (Wildman–Crippen LogP) is 6.01. The molecule has 1 N–H and O–H groups in total. The number of methoxy groups -OCH3 is 1. The highest BCUT2D eigenvalue weighted by atomic mass is 19.4. The first-order valence-electron chi connectivity index (χ1n) is 11.1. The molecular formula is C26H26F3N3O2. The van der Waals surface area contributed by atoms with Crippen molar-refractivity contribution >= 4 is 17.5 Å². The number of pyridine rings is 1. The van der Waals surface area contributed by atoms with Gasteiger partial charge in [0.05, 0.1) is 30.0 Å². The lowest BCUT2D eigenvalue weighted by Crippen LogP contribution is -2.30. The van der Waals surface area contributed by atoms with Gasteiger partial charge >= 0.3 is 12.1 Å². The number of carbonyl (C=O) groups excluding carboxylic acids is 1. The van der Waals surface area contributed by atoms with Gasteiger partial charge in [0.1, 0.15) is 5.82 Å². The Labute approximate surface area is 196 Å². The molecule has 0 fully saturated rings. The zero-order valence-corrected chi connectivity index (χ0v) is 19.0. The molecule has 8 heteroatoms. The number of nitrogens with one attached hydrogen (secondary N) is 1. The van der Waals surface area contributed by atoms with Crippen molar-refractivity contribution in [2.24, 2.45) is 0 Å². The Kier molecular flexibility index (Phi) is 6.77. The molecule has 2 aromatic carbocycles. The minimum atomic E-state index is -4.34. The van der Waals surface area contributed by atoms with Gasteiger partial charge in [0.25, 0.3) is 0 Å². The van der Waals surface area contributed by atoms with Crippen LogP contribution in [0, 0.1) is 0 Å². The van der Waals surface area contributed by atoms with Crippen LogP contribution in [0.25, 0.3) is 0 Å². The number of nitrogens with zero attached hydrogens (tertiary/aromatic N) is 2. The predicted molar refractivity (Wildman–Crippen MR) is 125 cm³/mol. The van der Waals surface area contributed by atoms with Crippen LogP contribution in [0.15, 0.2) is 60.8 Å². The second-order valence-electron chi connectivity index (χ2n) is 8.37. The van der Waals surface area contributed by atoms with E-state index in [-0.39, 0.29) is 12.0 Å². The average molecular weight is 470 g/mol. The highest BCUT2D eigenvalue weighted by molar-refractivity contribution is 5.89. The molecule has 1 atom stereocenters. The molecule has 0 spiro atoms. The van der Waals surface area contributed by atoms with Gasteiger partial charge in [-0.15, -0.1) is 0 Å². The average Bonchev–Trinajstić information content (AvgIpc) is 2.83. The number of esters is 1. The van der Waals surface area contributed by atoms with E-state index in [1.807, 2.05) is 25.1 Å². The number of fused-ring (bicyclic) bond motifs is 1. The smallest absolute Gasteiger partial charge is 0.416 e. The van der Waals surface area contributed by atoms with Crippen LogP contribution in [0.2, 0.25) is 0 Å². The van der Waals surface area contributed by atoms with E-state index in [0.29, 0.717) is 12.1 Å². The Morgan fingerprint density at radius 1 is 1.12 bits per heavy atom. The second-order valence-corrected chi connectivity index (χ2v) is 8.37. The van der Waals surface area contributed by atoms with Gasteiger partial charge in [-0.1, -0.05) is 24.3 Å². The minimum absolute atomic E-state index is 0.0828. The summed E-state index contributed by atoms with van der Waals surface area (Å²) in [5.41, 5.74) is 3.76. The van der Waals surface area contributed by atoms with Gasteiger partial charge in [0.15, 0.2) is 0 Å². The van der Waals surface area contributed by atoms with Gasteiger partial charge in [-0.2, -0.15) is 13.2 Å². The number of carbonyl (C=O) groups is 1. The van der Waals surface area contributed by atoms with E-state index in [1.165, 1.54) is 19.2 Å². The van der Waals surface area contributed by atoms with E-state index in [1.54, 1.807) is 18.3 Å². The number of hydrogen-bond donors (Lipinski definition) is 1. The fraction of sp³-hybridized carbons (Fsp3) is 0.308. The normalized spacial score (nSPS) is 14.3. The second kappa shape index (κ2) is 9.75. The maximum atomic E-state index is 12.9. The van der Waals surface area contributed by atoms with Crippen LogP contribution in [0.5, 0.6) is 0 Å². The van der Waals surface area contributed by atoms with Crippen LogP contribution < -0.4 is 10.2 Å². The maximum Gasteiger partial charge on any atom is 0.416 e. The molecule has 0 saturated heterocycles. The monoisotopic (exact) mass is 469 g/mol. The largest absolute Gasteiger partial charge is 0.465 e. The van der Waals surface area contributed by atoms with Crippen molar-refractivity contribution in [2.75, 3.05) is 23.9 Å². The molecule has 3 aromatic rings. The van der Waals surface area contributed by atoms with E-state index in [9.17, 15) is 18.0 Å². The fourth-order valence-electron chi connectivity index (χ4n) is 4.22. The summed E-state index contributed by atoms with van der Waals surface area (Å²) in [6.45, 7) is 3.29. The molecule has 1 aliphatic heterocycles. The first kappa shape index (κ1) is 23.6. The Bertz CT molecular complexity index is 1150. The first-order valence-corrected chi connectivity index (χ1v) is 11.1. The Morgan fingerprint density at radius 2 is 1.82 bits per heavy atom. The summed E-state index contributed by atoms with van der Waals surface area (Å²) in [6, 6.07) is 14.4. The summed E-state index contributed by atoms with van der Waals surface area (Å²) in [6.07, 6.45) is -0.696. The molecule has 0 amide bonds. The standard InChI is InChI=1S/C26H26F3N3O2/c1-17(19-7-9-21(10-8-19)25(33)34-2)31-24-23-20(13-14-30-24)4-3-15-32(23)16-18-5-11-22(12-6-18)26(27,28)29/h5-14,17H,3-4,15-16H2,1-2H3,(H,30,31)/t17-/m0/s1. The molecule has 178 valence electrons. The molecule has 2 heterocycles. The minimum Gasteiger partial charge on any atom is -0.465 e. The third kappa shape index (κ3) is 5.16. The van der Waals surface area contributed by atoms with Gasteiger partial charge < -0.3 is 15.0 Å². The molecule has 0 unspecified atom stereocenters. The first-order chi connectivity index (χ1) is 16.3. The Morgan fingerprint density at radius 3 is 2.47 bits per heavy atom. The Balaban J connectivity index is 1.55. The summed E-state index contributed by atoms with van der Waals surface area (Å²) in [5.74, 6) is 0.346.